The van der Waals surface area contributed by atoms with Gasteiger partial charge in [-0.05, 0) is 0 Å². The van der Waals surface area contributed by atoms with E-state index in [1.165, 1.54) is 22.7 Å². The first-order chi connectivity index (χ1) is 8.25. The molecular weight excluding hydrogens is 254 g/mol. The monoisotopic (exact) mass is 261 g/mol. The molecule has 1 aromatic carbocycles. The number of carboxylic acids is 1. The molecule has 0 aliphatic heterocycles. The molecule has 2 heterocycles. The first-order valence-corrected chi connectivity index (χ1v) is 6.62. The summed E-state index contributed by atoms with van der Waals surface area (Å²) in [5.74, 6) is -0.907. The van der Waals surface area contributed by atoms with Gasteiger partial charge in [0.1, 0.15) is 15.4 Å². The van der Waals surface area contributed by atoms with Crippen molar-refractivity contribution < 1.29 is 9.90 Å². The molecule has 0 saturated heterocycles. The van der Waals surface area contributed by atoms with E-state index in [9.17, 15) is 4.79 Å². The third kappa shape index (κ3) is 1.73. The number of thiophene rings is 1. The van der Waals surface area contributed by atoms with Gasteiger partial charge in [0.25, 0.3) is 0 Å². The summed E-state index contributed by atoms with van der Waals surface area (Å²) in [6.45, 7) is 0. The summed E-state index contributed by atoms with van der Waals surface area (Å²) in [5, 5.41) is 11.7. The van der Waals surface area contributed by atoms with E-state index in [1.54, 1.807) is 0 Å². The van der Waals surface area contributed by atoms with Crippen molar-refractivity contribution in [3.05, 3.63) is 40.6 Å². The quantitative estimate of drug-likeness (QED) is 0.764. The Bertz CT molecular complexity index is 685. The second-order valence-corrected chi connectivity index (χ2v) is 5.38. The van der Waals surface area contributed by atoms with Gasteiger partial charge >= 0.3 is 5.97 Å². The van der Waals surface area contributed by atoms with Gasteiger partial charge in [-0.2, -0.15) is 0 Å². The number of nitrogens with zero attached hydrogens (tertiary/aromatic N) is 1. The van der Waals surface area contributed by atoms with Crippen molar-refractivity contribution in [2.45, 2.75) is 0 Å². The SMILES string of the molecule is O=C(O)c1scc2sc(-c3ccccc3)nc12. The Morgan fingerprint density at radius 2 is 2.00 bits per heavy atom. The lowest BCUT2D eigenvalue weighted by Gasteiger charge is -1.93. The van der Waals surface area contributed by atoms with Crippen LogP contribution in [0.5, 0.6) is 0 Å². The Morgan fingerprint density at radius 1 is 1.24 bits per heavy atom. The summed E-state index contributed by atoms with van der Waals surface area (Å²) >= 11 is 2.75. The van der Waals surface area contributed by atoms with Crippen LogP contribution < -0.4 is 0 Å². The molecule has 1 N–H and O–H groups in total. The highest BCUT2D eigenvalue weighted by molar-refractivity contribution is 7.25. The maximum atomic E-state index is 11.0. The van der Waals surface area contributed by atoms with Gasteiger partial charge < -0.3 is 5.11 Å². The third-order valence-electron chi connectivity index (χ3n) is 2.37. The van der Waals surface area contributed by atoms with Crippen LogP contribution in [0, 0.1) is 0 Å². The number of rotatable bonds is 2. The Hall–Kier alpha value is -1.72. The average molecular weight is 261 g/mol. The Balaban J connectivity index is 2.18. The highest BCUT2D eigenvalue weighted by atomic mass is 32.1. The van der Waals surface area contributed by atoms with E-state index in [0.29, 0.717) is 10.4 Å². The fraction of sp³-hybridized carbons (Fsp3) is 0. The lowest BCUT2D eigenvalue weighted by atomic mass is 10.2. The summed E-state index contributed by atoms with van der Waals surface area (Å²) in [4.78, 5) is 15.7. The molecule has 17 heavy (non-hydrogen) atoms. The van der Waals surface area contributed by atoms with Gasteiger partial charge in [0.05, 0.1) is 4.70 Å². The lowest BCUT2D eigenvalue weighted by molar-refractivity contribution is 0.0704. The van der Waals surface area contributed by atoms with E-state index in [-0.39, 0.29) is 0 Å². The standard InChI is InChI=1S/C12H7NO2S2/c14-12(15)10-9-8(6-16-10)17-11(13-9)7-4-2-1-3-5-7/h1-6H,(H,14,15). The van der Waals surface area contributed by atoms with Crippen LogP contribution in [-0.4, -0.2) is 16.1 Å². The summed E-state index contributed by atoms with van der Waals surface area (Å²) < 4.78 is 0.936. The third-order valence-corrected chi connectivity index (χ3v) is 4.53. The van der Waals surface area contributed by atoms with Crippen molar-refractivity contribution in [2.75, 3.05) is 0 Å². The fourth-order valence-electron chi connectivity index (χ4n) is 1.60. The van der Waals surface area contributed by atoms with Crippen LogP contribution >= 0.6 is 22.7 Å². The van der Waals surface area contributed by atoms with Crippen molar-refractivity contribution in [1.82, 2.24) is 4.98 Å². The minimum Gasteiger partial charge on any atom is -0.477 e. The number of hydrogen-bond acceptors (Lipinski definition) is 4. The highest BCUT2D eigenvalue weighted by Gasteiger charge is 2.16. The van der Waals surface area contributed by atoms with Crippen molar-refractivity contribution in [2.24, 2.45) is 0 Å². The van der Waals surface area contributed by atoms with Crippen LogP contribution in [0.3, 0.4) is 0 Å². The van der Waals surface area contributed by atoms with Gasteiger partial charge in [-0.1, -0.05) is 30.3 Å². The molecule has 0 spiro atoms. The lowest BCUT2D eigenvalue weighted by Crippen LogP contribution is -1.92. The van der Waals surface area contributed by atoms with Crippen LogP contribution in [-0.2, 0) is 0 Å². The fourth-order valence-corrected chi connectivity index (χ4v) is 3.55. The number of benzene rings is 1. The highest BCUT2D eigenvalue weighted by Crippen LogP contribution is 2.34. The number of aromatic nitrogens is 1. The van der Waals surface area contributed by atoms with E-state index in [4.69, 9.17) is 5.11 Å². The van der Waals surface area contributed by atoms with E-state index >= 15 is 0 Å². The smallest absolute Gasteiger partial charge is 0.348 e. The van der Waals surface area contributed by atoms with Crippen molar-refractivity contribution >= 4 is 38.9 Å². The molecule has 0 amide bonds. The number of fused-ring (bicyclic) bond motifs is 1. The average Bonchev–Trinajstić information content (AvgIpc) is 2.88. The molecule has 0 bridgehead atoms. The number of carboxylic acid groups (broad SMARTS) is 1. The van der Waals surface area contributed by atoms with Crippen LogP contribution in [0.25, 0.3) is 20.8 Å². The topological polar surface area (TPSA) is 50.2 Å². The van der Waals surface area contributed by atoms with Crippen molar-refractivity contribution in [3.63, 3.8) is 0 Å². The molecule has 0 saturated carbocycles. The zero-order valence-electron chi connectivity index (χ0n) is 8.58. The zero-order chi connectivity index (χ0) is 11.8. The van der Waals surface area contributed by atoms with Crippen LogP contribution in [0.1, 0.15) is 9.67 Å². The molecule has 2 aromatic heterocycles. The van der Waals surface area contributed by atoms with Crippen LogP contribution in [0.2, 0.25) is 0 Å². The molecule has 0 unspecified atom stereocenters. The largest absolute Gasteiger partial charge is 0.477 e. The number of carbonyl (C=O) groups is 1. The molecule has 0 aliphatic carbocycles. The molecule has 0 radical (unpaired) electrons. The van der Waals surface area contributed by atoms with Crippen molar-refractivity contribution in [3.8, 4) is 10.6 Å². The summed E-state index contributed by atoms with van der Waals surface area (Å²) in [6.07, 6.45) is 0. The Morgan fingerprint density at radius 3 is 2.71 bits per heavy atom. The summed E-state index contributed by atoms with van der Waals surface area (Å²) in [5.41, 5.74) is 1.63. The molecule has 0 atom stereocenters. The molecule has 3 aromatic rings. The number of thiazole rings is 1. The first-order valence-electron chi connectivity index (χ1n) is 4.92. The summed E-state index contributed by atoms with van der Waals surface area (Å²) in [6, 6.07) is 9.79. The van der Waals surface area contributed by atoms with Gasteiger partial charge in [0.2, 0.25) is 0 Å². The van der Waals surface area contributed by atoms with Crippen LogP contribution in [0.15, 0.2) is 35.7 Å². The second-order valence-electron chi connectivity index (χ2n) is 3.47. The maximum absolute atomic E-state index is 11.0. The first kappa shape index (κ1) is 10.4. The number of hydrogen-bond donors (Lipinski definition) is 1. The summed E-state index contributed by atoms with van der Waals surface area (Å²) in [7, 11) is 0. The van der Waals surface area contributed by atoms with E-state index in [1.807, 2.05) is 35.7 Å². The van der Waals surface area contributed by atoms with E-state index in [2.05, 4.69) is 4.98 Å². The Kier molecular flexibility index (Phi) is 2.42. The molecule has 0 aliphatic rings. The maximum Gasteiger partial charge on any atom is 0.348 e. The minimum atomic E-state index is -0.907. The number of aromatic carboxylic acids is 1. The van der Waals surface area contributed by atoms with Gasteiger partial charge in [-0.15, -0.1) is 22.7 Å². The Labute approximate surface area is 105 Å². The van der Waals surface area contributed by atoms with E-state index < -0.39 is 5.97 Å². The molecule has 3 nitrogen and oxygen atoms in total. The predicted octanol–water partition coefficient (Wildman–Crippen LogP) is 3.72. The van der Waals surface area contributed by atoms with E-state index in [0.717, 1.165) is 15.3 Å². The van der Waals surface area contributed by atoms with Gasteiger partial charge in [-0.25, -0.2) is 9.78 Å². The van der Waals surface area contributed by atoms with Gasteiger partial charge in [0.15, 0.2) is 0 Å². The molecule has 5 heteroatoms. The van der Waals surface area contributed by atoms with Gasteiger partial charge in [-0.3, -0.25) is 0 Å². The molecule has 84 valence electrons. The van der Waals surface area contributed by atoms with Gasteiger partial charge in [0, 0.05) is 10.9 Å². The second kappa shape index (κ2) is 3.94. The normalized spacial score (nSPS) is 10.8. The molecular formula is C12H7NO2S2. The predicted molar refractivity (Wildman–Crippen MR) is 69.9 cm³/mol. The van der Waals surface area contributed by atoms with Crippen molar-refractivity contribution in [1.29, 1.82) is 0 Å². The minimum absolute atomic E-state index is 0.318. The zero-order valence-corrected chi connectivity index (χ0v) is 10.2. The molecule has 0 fully saturated rings. The van der Waals surface area contributed by atoms with Crippen LogP contribution in [0.4, 0.5) is 0 Å². The molecule has 3 rings (SSSR count).